The molecule has 17 heavy (non-hydrogen) atoms. The van der Waals surface area contributed by atoms with Gasteiger partial charge in [0.25, 0.3) is 0 Å². The summed E-state index contributed by atoms with van der Waals surface area (Å²) in [6.07, 6.45) is 9.66. The molecule has 2 unspecified atom stereocenters. The van der Waals surface area contributed by atoms with Crippen molar-refractivity contribution in [1.29, 1.82) is 0 Å². The molecule has 2 aliphatic rings. The first-order chi connectivity index (χ1) is 8.31. The molecule has 3 rings (SSSR count). The predicted molar refractivity (Wildman–Crippen MR) is 74.6 cm³/mol. The third-order valence-electron chi connectivity index (χ3n) is 4.30. The second-order valence-electron chi connectivity index (χ2n) is 5.86. The number of hydrogen-bond acceptors (Lipinski definition) is 2. The Labute approximate surface area is 109 Å². The van der Waals surface area contributed by atoms with Gasteiger partial charge in [-0.05, 0) is 49.7 Å². The Balaban J connectivity index is 1.53. The number of nitrogens with one attached hydrogen (secondary N) is 1. The zero-order valence-corrected chi connectivity index (χ0v) is 11.6. The molecule has 2 atom stereocenters. The molecule has 1 aromatic heterocycles. The van der Waals surface area contributed by atoms with Gasteiger partial charge in [0.2, 0.25) is 0 Å². The zero-order chi connectivity index (χ0) is 11.7. The van der Waals surface area contributed by atoms with Crippen LogP contribution in [0.2, 0.25) is 0 Å². The van der Waals surface area contributed by atoms with E-state index in [0.717, 1.165) is 18.5 Å². The summed E-state index contributed by atoms with van der Waals surface area (Å²) < 4.78 is 0. The lowest BCUT2D eigenvalue weighted by molar-refractivity contribution is 0.301. The van der Waals surface area contributed by atoms with E-state index < -0.39 is 0 Å². The molecule has 1 saturated carbocycles. The van der Waals surface area contributed by atoms with Crippen LogP contribution in [0.15, 0.2) is 6.07 Å². The summed E-state index contributed by atoms with van der Waals surface area (Å²) in [6.45, 7) is 3.50. The van der Waals surface area contributed by atoms with Crippen LogP contribution in [0.5, 0.6) is 0 Å². The van der Waals surface area contributed by atoms with Crippen molar-refractivity contribution in [3.63, 3.8) is 0 Å². The van der Waals surface area contributed by atoms with Gasteiger partial charge in [0.15, 0.2) is 0 Å². The molecule has 0 bridgehead atoms. The highest BCUT2D eigenvalue weighted by molar-refractivity contribution is 7.12. The molecule has 1 fully saturated rings. The highest BCUT2D eigenvalue weighted by Crippen LogP contribution is 2.31. The SMILES string of the molecule is CC1CCCC(NCc2cc3c(s2)CCC3)C1. The van der Waals surface area contributed by atoms with Crippen LogP contribution < -0.4 is 5.32 Å². The minimum atomic E-state index is 0.774. The molecule has 0 aromatic carbocycles. The molecule has 1 heterocycles. The van der Waals surface area contributed by atoms with Crippen molar-refractivity contribution in [2.24, 2.45) is 5.92 Å². The van der Waals surface area contributed by atoms with E-state index in [4.69, 9.17) is 0 Å². The summed E-state index contributed by atoms with van der Waals surface area (Å²) in [5, 5.41) is 3.77. The first-order valence-electron chi connectivity index (χ1n) is 7.15. The van der Waals surface area contributed by atoms with Crippen molar-refractivity contribution < 1.29 is 0 Å². The van der Waals surface area contributed by atoms with E-state index in [0.29, 0.717) is 0 Å². The van der Waals surface area contributed by atoms with Gasteiger partial charge in [-0.3, -0.25) is 0 Å². The monoisotopic (exact) mass is 249 g/mol. The molecule has 2 heteroatoms. The van der Waals surface area contributed by atoms with E-state index in [2.05, 4.69) is 18.3 Å². The van der Waals surface area contributed by atoms with E-state index in [-0.39, 0.29) is 0 Å². The fourth-order valence-electron chi connectivity index (χ4n) is 3.34. The standard InChI is InChI=1S/C15H23NS/c1-11-4-2-6-13(8-11)16-10-14-9-12-5-3-7-15(12)17-14/h9,11,13,16H,2-8,10H2,1H3. The molecule has 1 aromatic rings. The van der Waals surface area contributed by atoms with Gasteiger partial charge in [0.05, 0.1) is 0 Å². The highest BCUT2D eigenvalue weighted by Gasteiger charge is 2.19. The summed E-state index contributed by atoms with van der Waals surface area (Å²) >= 11 is 2.05. The highest BCUT2D eigenvalue weighted by atomic mass is 32.1. The van der Waals surface area contributed by atoms with Crippen molar-refractivity contribution in [1.82, 2.24) is 5.32 Å². The second kappa shape index (κ2) is 5.11. The summed E-state index contributed by atoms with van der Waals surface area (Å²) in [5.74, 6) is 0.926. The molecule has 0 saturated heterocycles. The van der Waals surface area contributed by atoms with Gasteiger partial charge in [-0.15, -0.1) is 11.3 Å². The van der Waals surface area contributed by atoms with Gasteiger partial charge in [-0.2, -0.15) is 0 Å². The number of aryl methyl sites for hydroxylation is 2. The van der Waals surface area contributed by atoms with Crippen molar-refractivity contribution >= 4 is 11.3 Å². The molecular weight excluding hydrogens is 226 g/mol. The molecule has 2 aliphatic carbocycles. The number of rotatable bonds is 3. The predicted octanol–water partition coefficient (Wildman–Crippen LogP) is 3.91. The molecule has 0 amide bonds. The molecule has 0 radical (unpaired) electrons. The minimum Gasteiger partial charge on any atom is -0.309 e. The fourth-order valence-corrected chi connectivity index (χ4v) is 4.55. The normalized spacial score (nSPS) is 28.3. The van der Waals surface area contributed by atoms with Gasteiger partial charge in [0, 0.05) is 22.3 Å². The molecule has 94 valence electrons. The fraction of sp³-hybridized carbons (Fsp3) is 0.733. The molecule has 0 spiro atoms. The van der Waals surface area contributed by atoms with Crippen LogP contribution in [-0.4, -0.2) is 6.04 Å². The molecule has 0 aliphatic heterocycles. The van der Waals surface area contributed by atoms with Crippen LogP contribution in [0.4, 0.5) is 0 Å². The van der Waals surface area contributed by atoms with E-state index in [1.807, 2.05) is 11.3 Å². The summed E-state index contributed by atoms with van der Waals surface area (Å²) in [5.41, 5.74) is 1.64. The van der Waals surface area contributed by atoms with Crippen LogP contribution >= 0.6 is 11.3 Å². The summed E-state index contributed by atoms with van der Waals surface area (Å²) in [7, 11) is 0. The first-order valence-corrected chi connectivity index (χ1v) is 7.97. The van der Waals surface area contributed by atoms with Gasteiger partial charge in [-0.25, -0.2) is 0 Å². The summed E-state index contributed by atoms with van der Waals surface area (Å²) in [4.78, 5) is 3.23. The van der Waals surface area contributed by atoms with E-state index in [1.54, 1.807) is 15.3 Å². The van der Waals surface area contributed by atoms with Crippen molar-refractivity contribution in [2.75, 3.05) is 0 Å². The van der Waals surface area contributed by atoms with E-state index in [9.17, 15) is 0 Å². The molecule has 1 N–H and O–H groups in total. The average Bonchev–Trinajstić information content (AvgIpc) is 2.86. The average molecular weight is 249 g/mol. The Kier molecular flexibility index (Phi) is 3.53. The number of hydrogen-bond donors (Lipinski definition) is 1. The lowest BCUT2D eigenvalue weighted by Gasteiger charge is -2.27. The van der Waals surface area contributed by atoms with Crippen LogP contribution in [0.1, 0.15) is 54.3 Å². The van der Waals surface area contributed by atoms with E-state index >= 15 is 0 Å². The van der Waals surface area contributed by atoms with Crippen LogP contribution in [0, 0.1) is 5.92 Å². The van der Waals surface area contributed by atoms with Crippen molar-refractivity contribution in [3.05, 3.63) is 21.4 Å². The Bertz CT molecular complexity index is 361. The van der Waals surface area contributed by atoms with Gasteiger partial charge in [0.1, 0.15) is 0 Å². The largest absolute Gasteiger partial charge is 0.309 e. The zero-order valence-electron chi connectivity index (χ0n) is 10.8. The lowest BCUT2D eigenvalue weighted by atomic mass is 9.87. The minimum absolute atomic E-state index is 0.774. The first kappa shape index (κ1) is 11.7. The molecular formula is C15H23NS. The molecule has 1 nitrogen and oxygen atoms in total. The topological polar surface area (TPSA) is 12.0 Å². The van der Waals surface area contributed by atoms with Gasteiger partial charge in [-0.1, -0.05) is 19.8 Å². The Hall–Kier alpha value is -0.340. The Morgan fingerprint density at radius 1 is 1.29 bits per heavy atom. The van der Waals surface area contributed by atoms with Crippen molar-refractivity contribution in [2.45, 2.75) is 64.5 Å². The second-order valence-corrected chi connectivity index (χ2v) is 7.09. The quantitative estimate of drug-likeness (QED) is 0.856. The maximum Gasteiger partial charge on any atom is 0.0302 e. The summed E-state index contributed by atoms with van der Waals surface area (Å²) in [6, 6.07) is 3.22. The number of thiophene rings is 1. The van der Waals surface area contributed by atoms with Gasteiger partial charge >= 0.3 is 0 Å². The van der Waals surface area contributed by atoms with Crippen molar-refractivity contribution in [3.8, 4) is 0 Å². The van der Waals surface area contributed by atoms with Crippen LogP contribution in [-0.2, 0) is 19.4 Å². The van der Waals surface area contributed by atoms with Crippen LogP contribution in [0.3, 0.4) is 0 Å². The number of fused-ring (bicyclic) bond motifs is 1. The lowest BCUT2D eigenvalue weighted by Crippen LogP contribution is -2.32. The maximum absolute atomic E-state index is 3.77. The Morgan fingerprint density at radius 3 is 3.06 bits per heavy atom. The Morgan fingerprint density at radius 2 is 2.24 bits per heavy atom. The third-order valence-corrected chi connectivity index (χ3v) is 5.54. The van der Waals surface area contributed by atoms with Crippen LogP contribution in [0.25, 0.3) is 0 Å². The van der Waals surface area contributed by atoms with E-state index in [1.165, 1.54) is 44.9 Å². The van der Waals surface area contributed by atoms with Gasteiger partial charge < -0.3 is 5.32 Å². The third kappa shape index (κ3) is 2.74. The maximum atomic E-state index is 3.77. The smallest absolute Gasteiger partial charge is 0.0302 e.